The second-order valence-electron chi connectivity index (χ2n) is 7.98. The monoisotopic (exact) mass is 393 g/mol. The van der Waals surface area contributed by atoms with Crippen molar-refractivity contribution in [3.63, 3.8) is 0 Å². The van der Waals surface area contributed by atoms with Crippen LogP contribution >= 0.6 is 0 Å². The largest absolute Gasteiger partial charge is 0.306 e. The molecule has 1 N–H and O–H groups in total. The van der Waals surface area contributed by atoms with Gasteiger partial charge < -0.3 is 5.32 Å². The quantitative estimate of drug-likeness (QED) is 0.721. The number of hydrogen-bond donors (Lipinski definition) is 1. The molecule has 28 heavy (non-hydrogen) atoms. The van der Waals surface area contributed by atoms with Crippen LogP contribution in [0.5, 0.6) is 0 Å². The van der Waals surface area contributed by atoms with Gasteiger partial charge in [-0.3, -0.25) is 9.00 Å². The van der Waals surface area contributed by atoms with Crippen LogP contribution in [0.2, 0.25) is 0 Å². The molecule has 5 nitrogen and oxygen atoms in total. The zero-order valence-corrected chi connectivity index (χ0v) is 17.0. The Labute approximate surface area is 167 Å². The Morgan fingerprint density at radius 3 is 2.29 bits per heavy atom. The van der Waals surface area contributed by atoms with Crippen molar-refractivity contribution in [3.05, 3.63) is 71.4 Å². The van der Waals surface area contributed by atoms with Crippen LogP contribution in [0.25, 0.3) is 11.1 Å². The summed E-state index contributed by atoms with van der Waals surface area (Å²) in [6.45, 7) is 6.11. The number of carbonyl (C=O) groups excluding carboxylic acids is 1. The highest BCUT2D eigenvalue weighted by Crippen LogP contribution is 2.33. The molecule has 1 aromatic heterocycles. The Kier molecular flexibility index (Phi) is 4.67. The number of amides is 1. The van der Waals surface area contributed by atoms with Crippen LogP contribution in [0, 0.1) is 0 Å². The van der Waals surface area contributed by atoms with Crippen LogP contribution in [-0.4, -0.2) is 19.9 Å². The van der Waals surface area contributed by atoms with Gasteiger partial charge in [0.2, 0.25) is 0 Å². The fraction of sp³-hybridized carbons (Fsp3) is 0.273. The molecule has 1 aliphatic heterocycles. The Morgan fingerprint density at radius 1 is 1.00 bits per heavy atom. The molecule has 1 amide bonds. The van der Waals surface area contributed by atoms with Gasteiger partial charge in [0.15, 0.2) is 0 Å². The van der Waals surface area contributed by atoms with Crippen molar-refractivity contribution in [1.29, 1.82) is 0 Å². The second kappa shape index (κ2) is 7.02. The lowest BCUT2D eigenvalue weighted by Gasteiger charge is -2.23. The normalized spacial score (nSPS) is 16.0. The molecule has 0 saturated heterocycles. The summed E-state index contributed by atoms with van der Waals surface area (Å²) in [4.78, 5) is 12.9. The molecule has 3 aromatic rings. The van der Waals surface area contributed by atoms with E-state index in [0.29, 0.717) is 22.9 Å². The number of fused-ring (bicyclic) bond motifs is 1. The first-order valence-corrected chi connectivity index (χ1v) is 10.7. The highest BCUT2D eigenvalue weighted by atomic mass is 32.2. The van der Waals surface area contributed by atoms with Gasteiger partial charge in [0, 0.05) is 21.9 Å². The van der Waals surface area contributed by atoms with Crippen LogP contribution in [0.15, 0.2) is 54.6 Å². The molecule has 0 spiro atoms. The van der Waals surface area contributed by atoms with Gasteiger partial charge in [0.1, 0.15) is 5.82 Å². The predicted molar refractivity (Wildman–Crippen MR) is 113 cm³/mol. The van der Waals surface area contributed by atoms with Gasteiger partial charge in [-0.15, -0.1) is 0 Å². The van der Waals surface area contributed by atoms with Gasteiger partial charge in [-0.25, -0.2) is 4.68 Å². The number of benzene rings is 2. The number of aromatic nitrogens is 2. The van der Waals surface area contributed by atoms with E-state index >= 15 is 0 Å². The molecule has 0 radical (unpaired) electrons. The SMILES string of the molecule is CC(C)(C)n1nc2c(c1NC(=O)c1ccc(-c3ccccc3)cc1)CS(=O)C2. The molecule has 0 saturated carbocycles. The van der Waals surface area contributed by atoms with Crippen LogP contribution in [0.4, 0.5) is 5.82 Å². The smallest absolute Gasteiger partial charge is 0.256 e. The van der Waals surface area contributed by atoms with E-state index in [0.717, 1.165) is 22.4 Å². The minimum Gasteiger partial charge on any atom is -0.306 e. The van der Waals surface area contributed by atoms with Crippen molar-refractivity contribution in [3.8, 4) is 11.1 Å². The first-order chi connectivity index (χ1) is 13.3. The van der Waals surface area contributed by atoms with E-state index in [1.54, 1.807) is 0 Å². The lowest BCUT2D eigenvalue weighted by Crippen LogP contribution is -2.27. The first-order valence-electron chi connectivity index (χ1n) is 9.26. The average Bonchev–Trinajstić information content (AvgIpc) is 3.19. The van der Waals surface area contributed by atoms with Crippen molar-refractivity contribution >= 4 is 22.5 Å². The first kappa shape index (κ1) is 18.6. The van der Waals surface area contributed by atoms with Crippen LogP contribution in [0.3, 0.4) is 0 Å². The molecular formula is C22H23N3O2S. The maximum atomic E-state index is 12.9. The summed E-state index contributed by atoms with van der Waals surface area (Å²) in [6, 6.07) is 17.6. The number of anilines is 1. The summed E-state index contributed by atoms with van der Waals surface area (Å²) in [7, 11) is -0.944. The zero-order chi connectivity index (χ0) is 19.9. The molecular weight excluding hydrogens is 370 g/mol. The van der Waals surface area contributed by atoms with E-state index in [9.17, 15) is 9.00 Å². The second-order valence-corrected chi connectivity index (χ2v) is 9.44. The van der Waals surface area contributed by atoms with Crippen molar-refractivity contribution in [2.24, 2.45) is 0 Å². The van der Waals surface area contributed by atoms with Gasteiger partial charge in [-0.2, -0.15) is 5.10 Å². The lowest BCUT2D eigenvalue weighted by atomic mass is 10.0. The summed E-state index contributed by atoms with van der Waals surface area (Å²) < 4.78 is 13.8. The number of hydrogen-bond acceptors (Lipinski definition) is 3. The Hall–Kier alpha value is -2.73. The summed E-state index contributed by atoms with van der Waals surface area (Å²) >= 11 is 0. The van der Waals surface area contributed by atoms with Crippen LogP contribution in [0.1, 0.15) is 42.4 Å². The van der Waals surface area contributed by atoms with Crippen molar-refractivity contribution in [2.45, 2.75) is 37.8 Å². The molecule has 4 rings (SSSR count). The fourth-order valence-electron chi connectivity index (χ4n) is 3.37. The molecule has 1 atom stereocenters. The number of carbonyl (C=O) groups is 1. The van der Waals surface area contributed by atoms with E-state index in [2.05, 4.69) is 10.4 Å². The van der Waals surface area contributed by atoms with E-state index in [-0.39, 0.29) is 11.4 Å². The van der Waals surface area contributed by atoms with Gasteiger partial charge in [0.05, 0.1) is 22.7 Å². The van der Waals surface area contributed by atoms with Crippen molar-refractivity contribution in [2.75, 3.05) is 5.32 Å². The lowest BCUT2D eigenvalue weighted by molar-refractivity contribution is 0.102. The molecule has 0 aliphatic carbocycles. The molecule has 2 aromatic carbocycles. The van der Waals surface area contributed by atoms with Crippen molar-refractivity contribution in [1.82, 2.24) is 9.78 Å². The Bertz CT molecular complexity index is 1050. The van der Waals surface area contributed by atoms with E-state index < -0.39 is 10.8 Å². The Balaban J connectivity index is 1.62. The Morgan fingerprint density at radius 2 is 1.64 bits per heavy atom. The van der Waals surface area contributed by atoms with Gasteiger partial charge in [0.25, 0.3) is 5.91 Å². The summed E-state index contributed by atoms with van der Waals surface area (Å²) in [5.41, 5.74) is 4.18. The van der Waals surface area contributed by atoms with Gasteiger partial charge in [-0.05, 0) is 44.0 Å². The predicted octanol–water partition coefficient (Wildman–Crippen LogP) is 4.32. The van der Waals surface area contributed by atoms with Crippen LogP contribution < -0.4 is 5.32 Å². The van der Waals surface area contributed by atoms with E-state index in [1.807, 2.05) is 80.1 Å². The fourth-order valence-corrected chi connectivity index (χ4v) is 4.63. The standard InChI is InChI=1S/C22H23N3O2S/c1-22(2,3)25-20(18-13-28(27)14-19(18)24-25)23-21(26)17-11-9-16(10-12-17)15-7-5-4-6-8-15/h4-12H,13-14H2,1-3H3,(H,23,26). The molecule has 0 fully saturated rings. The molecule has 1 unspecified atom stereocenters. The number of nitrogens with zero attached hydrogens (tertiary/aromatic N) is 2. The van der Waals surface area contributed by atoms with Crippen LogP contribution in [-0.2, 0) is 27.8 Å². The van der Waals surface area contributed by atoms with Gasteiger partial charge in [-0.1, -0.05) is 42.5 Å². The van der Waals surface area contributed by atoms with E-state index in [1.165, 1.54) is 0 Å². The molecule has 144 valence electrons. The highest BCUT2D eigenvalue weighted by molar-refractivity contribution is 7.83. The highest BCUT2D eigenvalue weighted by Gasteiger charge is 2.31. The zero-order valence-electron chi connectivity index (χ0n) is 16.2. The minimum atomic E-state index is -0.944. The molecule has 0 bridgehead atoms. The summed E-state index contributed by atoms with van der Waals surface area (Å²) in [5.74, 6) is 1.36. The topological polar surface area (TPSA) is 64.0 Å². The third kappa shape index (κ3) is 3.52. The average molecular weight is 394 g/mol. The van der Waals surface area contributed by atoms with Gasteiger partial charge >= 0.3 is 0 Å². The third-order valence-electron chi connectivity index (χ3n) is 4.79. The number of nitrogens with one attached hydrogen (secondary N) is 1. The van der Waals surface area contributed by atoms with Crippen molar-refractivity contribution < 1.29 is 9.00 Å². The maximum Gasteiger partial charge on any atom is 0.256 e. The summed E-state index contributed by atoms with van der Waals surface area (Å²) in [6.07, 6.45) is 0. The molecule has 2 heterocycles. The minimum absolute atomic E-state index is 0.189. The van der Waals surface area contributed by atoms with E-state index in [4.69, 9.17) is 0 Å². The number of rotatable bonds is 3. The third-order valence-corrected chi connectivity index (χ3v) is 6.00. The molecule has 6 heteroatoms. The molecule has 1 aliphatic rings. The maximum absolute atomic E-state index is 12.9. The summed E-state index contributed by atoms with van der Waals surface area (Å²) in [5, 5.41) is 7.64.